The predicted octanol–water partition coefficient (Wildman–Crippen LogP) is 5.25. The zero-order valence-corrected chi connectivity index (χ0v) is 17.9. The van der Waals surface area contributed by atoms with Crippen LogP contribution in [0.3, 0.4) is 0 Å². The van der Waals surface area contributed by atoms with E-state index in [1.165, 1.54) is 0 Å². The van der Waals surface area contributed by atoms with Gasteiger partial charge in [-0.2, -0.15) is 0 Å². The summed E-state index contributed by atoms with van der Waals surface area (Å²) in [7, 11) is 0. The molecule has 3 aromatic rings. The fourth-order valence-corrected chi connectivity index (χ4v) is 4.08. The second kappa shape index (κ2) is 7.84. The SMILES string of the molecule is Cc1ccc(C(=O)N2CC(=O)Nc3ccc(Br)cc3[C@H]2c2ccccc2)cc1C. The van der Waals surface area contributed by atoms with E-state index in [4.69, 9.17) is 0 Å². The molecule has 1 aliphatic rings. The van der Waals surface area contributed by atoms with E-state index < -0.39 is 0 Å². The molecule has 0 bridgehead atoms. The highest BCUT2D eigenvalue weighted by molar-refractivity contribution is 9.10. The minimum absolute atomic E-state index is 0.0163. The molecule has 2 amide bonds. The average Bonchev–Trinajstić information content (AvgIpc) is 2.85. The summed E-state index contributed by atoms with van der Waals surface area (Å²) in [5, 5.41) is 2.95. The summed E-state index contributed by atoms with van der Waals surface area (Å²) < 4.78 is 0.895. The molecular weight excluding hydrogens is 428 g/mol. The first-order chi connectivity index (χ1) is 13.9. The number of nitrogens with one attached hydrogen (secondary N) is 1. The lowest BCUT2D eigenvalue weighted by Crippen LogP contribution is -2.39. The smallest absolute Gasteiger partial charge is 0.255 e. The Morgan fingerprint density at radius 2 is 1.76 bits per heavy atom. The van der Waals surface area contributed by atoms with Gasteiger partial charge >= 0.3 is 0 Å². The number of fused-ring (bicyclic) bond motifs is 1. The number of carbonyl (C=O) groups excluding carboxylic acids is 2. The summed E-state index contributed by atoms with van der Waals surface area (Å²) in [6, 6.07) is 20.9. The highest BCUT2D eigenvalue weighted by atomic mass is 79.9. The Morgan fingerprint density at radius 3 is 2.48 bits per heavy atom. The Morgan fingerprint density at radius 1 is 1.00 bits per heavy atom. The first kappa shape index (κ1) is 19.4. The molecule has 3 aromatic carbocycles. The molecule has 1 atom stereocenters. The van der Waals surface area contributed by atoms with Crippen molar-refractivity contribution in [1.29, 1.82) is 0 Å². The number of halogens is 1. The lowest BCUT2D eigenvalue weighted by molar-refractivity contribution is -0.117. The molecular formula is C24H21BrN2O2. The van der Waals surface area contributed by atoms with Gasteiger partial charge in [0.2, 0.25) is 5.91 Å². The van der Waals surface area contributed by atoms with Crippen LogP contribution in [0.4, 0.5) is 5.69 Å². The maximum absolute atomic E-state index is 13.6. The number of anilines is 1. The second-order valence-electron chi connectivity index (χ2n) is 7.33. The first-order valence-electron chi connectivity index (χ1n) is 9.46. The van der Waals surface area contributed by atoms with Gasteiger partial charge in [0.15, 0.2) is 0 Å². The maximum Gasteiger partial charge on any atom is 0.255 e. The summed E-state index contributed by atoms with van der Waals surface area (Å²) in [6.07, 6.45) is 0. The van der Waals surface area contributed by atoms with Gasteiger partial charge in [0.1, 0.15) is 6.54 Å². The third kappa shape index (κ3) is 3.83. The fraction of sp³-hybridized carbons (Fsp3) is 0.167. The number of rotatable bonds is 2. The van der Waals surface area contributed by atoms with Crippen molar-refractivity contribution in [2.24, 2.45) is 0 Å². The van der Waals surface area contributed by atoms with Gasteiger partial charge in [-0.1, -0.05) is 52.3 Å². The van der Waals surface area contributed by atoms with Gasteiger partial charge in [-0.05, 0) is 60.9 Å². The largest absolute Gasteiger partial charge is 0.324 e. The zero-order valence-electron chi connectivity index (χ0n) is 16.3. The van der Waals surface area contributed by atoms with E-state index in [1.807, 2.05) is 80.6 Å². The van der Waals surface area contributed by atoms with Gasteiger partial charge in [-0.25, -0.2) is 0 Å². The van der Waals surface area contributed by atoms with Crippen molar-refractivity contribution in [1.82, 2.24) is 4.90 Å². The molecule has 0 saturated carbocycles. The predicted molar refractivity (Wildman–Crippen MR) is 118 cm³/mol. The van der Waals surface area contributed by atoms with Crippen LogP contribution in [0.1, 0.15) is 38.7 Å². The van der Waals surface area contributed by atoms with E-state index in [9.17, 15) is 9.59 Å². The van der Waals surface area contributed by atoms with Crippen LogP contribution >= 0.6 is 15.9 Å². The molecule has 0 radical (unpaired) electrons. The Labute approximate surface area is 178 Å². The molecule has 0 fully saturated rings. The molecule has 5 heteroatoms. The molecule has 0 aromatic heterocycles. The Bertz CT molecular complexity index is 1100. The van der Waals surface area contributed by atoms with Crippen LogP contribution in [0.15, 0.2) is 71.2 Å². The van der Waals surface area contributed by atoms with E-state index in [-0.39, 0.29) is 24.4 Å². The van der Waals surface area contributed by atoms with Crippen molar-refractivity contribution in [2.45, 2.75) is 19.9 Å². The Hall–Kier alpha value is -2.92. The Kier molecular flexibility index (Phi) is 5.24. The van der Waals surface area contributed by atoms with Crippen molar-refractivity contribution in [3.05, 3.63) is 99.0 Å². The third-order valence-electron chi connectivity index (χ3n) is 5.34. The quantitative estimate of drug-likeness (QED) is 0.581. The molecule has 1 heterocycles. The molecule has 1 N–H and O–H groups in total. The molecule has 0 aliphatic carbocycles. The average molecular weight is 449 g/mol. The molecule has 0 spiro atoms. The highest BCUT2D eigenvalue weighted by Gasteiger charge is 2.34. The second-order valence-corrected chi connectivity index (χ2v) is 8.24. The molecule has 146 valence electrons. The molecule has 0 saturated heterocycles. The Balaban J connectivity index is 1.88. The van der Waals surface area contributed by atoms with E-state index in [1.54, 1.807) is 4.90 Å². The van der Waals surface area contributed by atoms with Gasteiger partial charge in [-0.15, -0.1) is 0 Å². The standard InChI is InChI=1S/C24H21BrN2O2/c1-15-8-9-18(12-16(15)2)24(29)27-14-22(28)26-21-11-10-19(25)13-20(21)23(27)17-6-4-3-5-7-17/h3-13,23H,14H2,1-2H3,(H,26,28)/t23-/m1/s1. The minimum Gasteiger partial charge on any atom is -0.324 e. The van der Waals surface area contributed by atoms with Crippen LogP contribution in [-0.4, -0.2) is 23.3 Å². The van der Waals surface area contributed by atoms with E-state index in [2.05, 4.69) is 21.2 Å². The number of hydrogen-bond acceptors (Lipinski definition) is 2. The fourth-order valence-electron chi connectivity index (χ4n) is 3.70. The van der Waals surface area contributed by atoms with Crippen LogP contribution in [0.2, 0.25) is 0 Å². The lowest BCUT2D eigenvalue weighted by Gasteiger charge is -2.31. The van der Waals surface area contributed by atoms with Crippen LogP contribution in [0.25, 0.3) is 0 Å². The number of benzene rings is 3. The monoisotopic (exact) mass is 448 g/mol. The van der Waals surface area contributed by atoms with Crippen molar-refractivity contribution in [3.63, 3.8) is 0 Å². The summed E-state index contributed by atoms with van der Waals surface area (Å²) in [6.45, 7) is 3.99. The van der Waals surface area contributed by atoms with Crippen LogP contribution < -0.4 is 5.32 Å². The molecule has 4 nitrogen and oxygen atoms in total. The van der Waals surface area contributed by atoms with Crippen molar-refractivity contribution >= 4 is 33.4 Å². The highest BCUT2D eigenvalue weighted by Crippen LogP contribution is 2.38. The van der Waals surface area contributed by atoms with Crippen molar-refractivity contribution in [2.75, 3.05) is 11.9 Å². The van der Waals surface area contributed by atoms with Gasteiger partial charge < -0.3 is 10.2 Å². The van der Waals surface area contributed by atoms with E-state index in [0.717, 1.165) is 32.4 Å². The van der Waals surface area contributed by atoms with Crippen LogP contribution in [0, 0.1) is 13.8 Å². The van der Waals surface area contributed by atoms with Gasteiger partial charge in [0.05, 0.1) is 6.04 Å². The normalized spacial score (nSPS) is 16.0. The number of aryl methyl sites for hydroxylation is 2. The van der Waals surface area contributed by atoms with Gasteiger partial charge in [0.25, 0.3) is 5.91 Å². The molecule has 4 rings (SSSR count). The number of carbonyl (C=O) groups is 2. The number of amides is 2. The van der Waals surface area contributed by atoms with E-state index in [0.29, 0.717) is 5.56 Å². The summed E-state index contributed by atoms with van der Waals surface area (Å²) >= 11 is 3.53. The number of hydrogen-bond donors (Lipinski definition) is 1. The minimum atomic E-state index is -0.378. The summed E-state index contributed by atoms with van der Waals surface area (Å²) in [4.78, 5) is 27.9. The van der Waals surface area contributed by atoms with E-state index >= 15 is 0 Å². The molecule has 1 aliphatic heterocycles. The maximum atomic E-state index is 13.6. The molecule has 29 heavy (non-hydrogen) atoms. The topological polar surface area (TPSA) is 49.4 Å². The molecule has 0 unspecified atom stereocenters. The summed E-state index contributed by atoms with van der Waals surface area (Å²) in [5.41, 5.74) is 5.33. The third-order valence-corrected chi connectivity index (χ3v) is 5.83. The van der Waals surface area contributed by atoms with Crippen molar-refractivity contribution < 1.29 is 9.59 Å². The van der Waals surface area contributed by atoms with Crippen LogP contribution in [0.5, 0.6) is 0 Å². The van der Waals surface area contributed by atoms with Crippen molar-refractivity contribution in [3.8, 4) is 0 Å². The summed E-state index contributed by atoms with van der Waals surface area (Å²) in [5.74, 6) is -0.367. The van der Waals surface area contributed by atoms with Gasteiger partial charge in [0, 0.05) is 21.3 Å². The zero-order chi connectivity index (χ0) is 20.5. The number of nitrogens with zero attached hydrogens (tertiary/aromatic N) is 1. The first-order valence-corrected chi connectivity index (χ1v) is 10.3. The van der Waals surface area contributed by atoms with Crippen LogP contribution in [-0.2, 0) is 4.79 Å². The lowest BCUT2D eigenvalue weighted by atomic mass is 9.95. The van der Waals surface area contributed by atoms with Gasteiger partial charge in [-0.3, -0.25) is 9.59 Å².